The van der Waals surface area contributed by atoms with Crippen molar-refractivity contribution in [1.29, 1.82) is 0 Å². The van der Waals surface area contributed by atoms with Crippen molar-refractivity contribution < 1.29 is 18.7 Å². The Morgan fingerprint density at radius 3 is 2.55 bits per heavy atom. The number of hydrogen-bond donors (Lipinski definition) is 2. The zero-order chi connectivity index (χ0) is 14.4. The van der Waals surface area contributed by atoms with Crippen LogP contribution in [0.5, 0.6) is 5.75 Å². The number of ether oxygens (including phenoxy) is 1. The maximum atomic E-state index is 11.5. The third-order valence-electron chi connectivity index (χ3n) is 2.58. The fraction of sp³-hybridized carbons (Fsp3) is 0.143. The first-order chi connectivity index (χ1) is 9.69. The molecule has 6 heteroatoms. The lowest BCUT2D eigenvalue weighted by molar-refractivity contribution is 0.0936. The molecule has 20 heavy (non-hydrogen) atoms. The number of carbonyl (C=O) groups excluding carboxylic acids is 2. The van der Waals surface area contributed by atoms with Gasteiger partial charge in [-0.05, 0) is 29.8 Å². The molecule has 2 rings (SSSR count). The molecule has 2 N–H and O–H groups in total. The van der Waals surface area contributed by atoms with Gasteiger partial charge in [0.15, 0.2) is 5.76 Å². The van der Waals surface area contributed by atoms with Gasteiger partial charge in [0.25, 0.3) is 5.91 Å². The molecule has 0 aliphatic rings. The van der Waals surface area contributed by atoms with Crippen molar-refractivity contribution in [3.63, 3.8) is 0 Å². The van der Waals surface area contributed by atoms with E-state index in [4.69, 9.17) is 9.15 Å². The van der Waals surface area contributed by atoms with E-state index in [1.54, 1.807) is 25.3 Å². The van der Waals surface area contributed by atoms with Gasteiger partial charge in [0, 0.05) is 6.54 Å². The van der Waals surface area contributed by atoms with Gasteiger partial charge < -0.3 is 14.5 Å². The lowest BCUT2D eigenvalue weighted by Crippen LogP contribution is -2.38. The summed E-state index contributed by atoms with van der Waals surface area (Å²) in [7, 11) is 1.58. The molecule has 104 valence electrons. The number of urea groups is 1. The van der Waals surface area contributed by atoms with Crippen LogP contribution in [0.2, 0.25) is 0 Å². The van der Waals surface area contributed by atoms with Gasteiger partial charge in [-0.25, -0.2) is 4.79 Å². The second-order valence-electron chi connectivity index (χ2n) is 3.96. The van der Waals surface area contributed by atoms with E-state index in [0.29, 0.717) is 6.54 Å². The predicted molar refractivity (Wildman–Crippen MR) is 71.4 cm³/mol. The molecule has 0 saturated heterocycles. The Labute approximate surface area is 115 Å². The normalized spacial score (nSPS) is 9.85. The van der Waals surface area contributed by atoms with Gasteiger partial charge in [-0.1, -0.05) is 12.1 Å². The summed E-state index contributed by atoms with van der Waals surface area (Å²) in [6, 6.07) is 9.71. The minimum Gasteiger partial charge on any atom is -0.497 e. The molecule has 0 fully saturated rings. The molecular formula is C14H14N2O4. The molecule has 1 aromatic heterocycles. The van der Waals surface area contributed by atoms with E-state index in [9.17, 15) is 9.59 Å². The second-order valence-corrected chi connectivity index (χ2v) is 3.96. The monoisotopic (exact) mass is 274 g/mol. The van der Waals surface area contributed by atoms with Crippen LogP contribution >= 0.6 is 0 Å². The lowest BCUT2D eigenvalue weighted by atomic mass is 10.2. The van der Waals surface area contributed by atoms with Crippen LogP contribution in [-0.4, -0.2) is 19.0 Å². The van der Waals surface area contributed by atoms with Crippen molar-refractivity contribution in [2.24, 2.45) is 0 Å². The first-order valence-corrected chi connectivity index (χ1v) is 5.94. The highest BCUT2D eigenvalue weighted by Gasteiger charge is 2.11. The number of furan rings is 1. The molecule has 0 aliphatic heterocycles. The van der Waals surface area contributed by atoms with Crippen molar-refractivity contribution in [2.75, 3.05) is 7.11 Å². The van der Waals surface area contributed by atoms with Crippen LogP contribution in [0.3, 0.4) is 0 Å². The number of hydrogen-bond acceptors (Lipinski definition) is 4. The highest BCUT2D eigenvalue weighted by molar-refractivity contribution is 6.02. The Morgan fingerprint density at radius 1 is 1.20 bits per heavy atom. The quantitative estimate of drug-likeness (QED) is 0.892. The maximum absolute atomic E-state index is 11.5. The summed E-state index contributed by atoms with van der Waals surface area (Å²) in [4.78, 5) is 23.1. The molecule has 0 saturated carbocycles. The number of nitrogens with one attached hydrogen (secondary N) is 2. The molecule has 0 bridgehead atoms. The minimum atomic E-state index is -0.581. The molecular weight excluding hydrogens is 260 g/mol. The number of imide groups is 1. The molecule has 3 amide bonds. The van der Waals surface area contributed by atoms with Crippen LogP contribution in [0.25, 0.3) is 0 Å². The zero-order valence-electron chi connectivity index (χ0n) is 10.9. The number of rotatable bonds is 4. The van der Waals surface area contributed by atoms with Gasteiger partial charge in [-0.3, -0.25) is 10.1 Å². The van der Waals surface area contributed by atoms with Crippen LogP contribution in [0, 0.1) is 0 Å². The van der Waals surface area contributed by atoms with Gasteiger partial charge in [0.1, 0.15) is 5.75 Å². The van der Waals surface area contributed by atoms with E-state index in [2.05, 4.69) is 10.6 Å². The van der Waals surface area contributed by atoms with Gasteiger partial charge in [0.05, 0.1) is 13.4 Å². The topological polar surface area (TPSA) is 80.6 Å². The van der Waals surface area contributed by atoms with Crippen LogP contribution in [0.4, 0.5) is 4.79 Å². The Bertz CT molecular complexity index is 576. The fourth-order valence-electron chi connectivity index (χ4n) is 1.54. The smallest absolute Gasteiger partial charge is 0.322 e. The summed E-state index contributed by atoms with van der Waals surface area (Å²) in [6.07, 6.45) is 1.37. The van der Waals surface area contributed by atoms with Crippen molar-refractivity contribution in [2.45, 2.75) is 6.54 Å². The second kappa shape index (κ2) is 6.42. The zero-order valence-corrected chi connectivity index (χ0v) is 10.9. The van der Waals surface area contributed by atoms with E-state index < -0.39 is 11.9 Å². The van der Waals surface area contributed by atoms with Gasteiger partial charge >= 0.3 is 6.03 Å². The summed E-state index contributed by atoms with van der Waals surface area (Å²) in [5, 5.41) is 4.74. The predicted octanol–water partition coefficient (Wildman–Crippen LogP) is 1.93. The SMILES string of the molecule is COc1ccc(CNC(=O)NC(=O)c2ccco2)cc1. The standard InChI is InChI=1S/C14H14N2O4/c1-19-11-6-4-10(5-7-11)9-15-14(18)16-13(17)12-3-2-8-20-12/h2-8H,9H2,1H3,(H2,15,16,17,18). The molecule has 1 heterocycles. The van der Waals surface area contributed by atoms with Crippen LogP contribution < -0.4 is 15.4 Å². The summed E-state index contributed by atoms with van der Waals surface area (Å²) >= 11 is 0. The molecule has 6 nitrogen and oxygen atoms in total. The van der Waals surface area contributed by atoms with E-state index in [0.717, 1.165) is 11.3 Å². The molecule has 0 radical (unpaired) electrons. The Morgan fingerprint density at radius 2 is 1.95 bits per heavy atom. The van der Waals surface area contributed by atoms with E-state index in [1.807, 2.05) is 12.1 Å². The third-order valence-corrected chi connectivity index (χ3v) is 2.58. The largest absolute Gasteiger partial charge is 0.497 e. The van der Waals surface area contributed by atoms with Crippen molar-refractivity contribution in [3.05, 3.63) is 54.0 Å². The van der Waals surface area contributed by atoms with E-state index >= 15 is 0 Å². The Kier molecular flexibility index (Phi) is 4.39. The summed E-state index contributed by atoms with van der Waals surface area (Å²) < 4.78 is 9.91. The van der Waals surface area contributed by atoms with Crippen molar-refractivity contribution >= 4 is 11.9 Å². The van der Waals surface area contributed by atoms with Crippen molar-refractivity contribution in [1.82, 2.24) is 10.6 Å². The molecule has 0 aliphatic carbocycles. The molecule has 1 aromatic carbocycles. The molecule has 0 atom stereocenters. The van der Waals surface area contributed by atoms with E-state index in [1.165, 1.54) is 12.3 Å². The highest BCUT2D eigenvalue weighted by atomic mass is 16.5. The average Bonchev–Trinajstić information content (AvgIpc) is 3.00. The Balaban J connectivity index is 1.81. The first kappa shape index (κ1) is 13.7. The number of benzene rings is 1. The number of carbonyl (C=O) groups is 2. The molecule has 2 aromatic rings. The minimum absolute atomic E-state index is 0.0876. The van der Waals surface area contributed by atoms with Gasteiger partial charge in [-0.2, -0.15) is 0 Å². The Hall–Kier alpha value is -2.76. The maximum Gasteiger partial charge on any atom is 0.322 e. The van der Waals surface area contributed by atoms with Crippen molar-refractivity contribution in [3.8, 4) is 5.75 Å². The highest BCUT2D eigenvalue weighted by Crippen LogP contribution is 2.10. The summed E-state index contributed by atoms with van der Waals surface area (Å²) in [5.41, 5.74) is 0.895. The summed E-state index contributed by atoms with van der Waals surface area (Å²) in [5.74, 6) is 0.248. The van der Waals surface area contributed by atoms with E-state index in [-0.39, 0.29) is 5.76 Å². The summed E-state index contributed by atoms with van der Waals surface area (Å²) in [6.45, 7) is 0.307. The third kappa shape index (κ3) is 3.61. The van der Waals surface area contributed by atoms with Crippen LogP contribution in [0.1, 0.15) is 16.1 Å². The van der Waals surface area contributed by atoms with Crippen LogP contribution in [-0.2, 0) is 6.54 Å². The molecule has 0 unspecified atom stereocenters. The number of amides is 3. The van der Waals surface area contributed by atoms with Gasteiger partial charge in [-0.15, -0.1) is 0 Å². The average molecular weight is 274 g/mol. The van der Waals surface area contributed by atoms with Crippen LogP contribution in [0.15, 0.2) is 47.1 Å². The lowest BCUT2D eigenvalue weighted by Gasteiger charge is -2.06. The molecule has 0 spiro atoms. The number of methoxy groups -OCH3 is 1. The van der Waals surface area contributed by atoms with Gasteiger partial charge in [0.2, 0.25) is 0 Å². The fourth-order valence-corrected chi connectivity index (χ4v) is 1.54. The first-order valence-electron chi connectivity index (χ1n) is 5.94.